The number of benzene rings is 1. The van der Waals surface area contributed by atoms with Gasteiger partial charge in [0.05, 0.1) is 18.9 Å². The van der Waals surface area contributed by atoms with Gasteiger partial charge in [-0.05, 0) is 25.0 Å². The Labute approximate surface area is 104 Å². The minimum atomic E-state index is 0.648. The average molecular weight is 237 g/mol. The highest BCUT2D eigenvalue weighted by atomic mass is 16.5. The maximum absolute atomic E-state index is 5.90. The van der Waals surface area contributed by atoms with E-state index in [-0.39, 0.29) is 0 Å². The van der Waals surface area contributed by atoms with Crippen LogP contribution in [0.3, 0.4) is 0 Å². The van der Waals surface area contributed by atoms with Crippen molar-refractivity contribution in [1.29, 1.82) is 0 Å². The normalized spacial score (nSPS) is 10.2. The molecule has 0 bridgehead atoms. The summed E-state index contributed by atoms with van der Waals surface area (Å²) in [6.45, 7) is 5.68. The second-order valence-electron chi connectivity index (χ2n) is 4.08. The minimum absolute atomic E-state index is 0.648. The molecule has 1 rings (SSSR count). The molecule has 0 atom stereocenters. The van der Waals surface area contributed by atoms with Gasteiger partial charge in [0.25, 0.3) is 0 Å². The lowest BCUT2D eigenvalue weighted by Crippen LogP contribution is -2.04. The number of hydrogen-bond donors (Lipinski definition) is 1. The molecule has 0 aliphatic rings. The highest BCUT2D eigenvalue weighted by molar-refractivity contribution is 5.60. The van der Waals surface area contributed by atoms with Crippen LogP contribution in [0.2, 0.25) is 0 Å². The molecule has 2 N–H and O–H groups in total. The van der Waals surface area contributed by atoms with Crippen LogP contribution in [-0.2, 0) is 0 Å². The number of rotatable bonds is 8. The lowest BCUT2D eigenvalue weighted by Gasteiger charge is -2.14. The summed E-state index contributed by atoms with van der Waals surface area (Å²) < 4.78 is 11.4. The van der Waals surface area contributed by atoms with E-state index in [1.165, 1.54) is 0 Å². The maximum Gasteiger partial charge on any atom is 0.184 e. The molecular weight excluding hydrogens is 214 g/mol. The largest absolute Gasteiger partial charge is 0.490 e. The number of nitrogens with two attached hydrogens (primary N) is 1. The fourth-order valence-electron chi connectivity index (χ4n) is 1.45. The van der Waals surface area contributed by atoms with E-state index in [9.17, 15) is 0 Å². The van der Waals surface area contributed by atoms with Crippen LogP contribution < -0.4 is 15.2 Å². The van der Waals surface area contributed by atoms with Crippen molar-refractivity contribution in [3.05, 3.63) is 18.2 Å². The highest BCUT2D eigenvalue weighted by Crippen LogP contribution is 2.33. The standard InChI is InChI=1S/C14H23NO2/c1-3-5-10-16-13-9-7-8-12(15)14(13)17-11-6-4-2/h7-9H,3-6,10-11,15H2,1-2H3. The predicted molar refractivity (Wildman–Crippen MR) is 71.7 cm³/mol. The molecule has 3 nitrogen and oxygen atoms in total. The van der Waals surface area contributed by atoms with Crippen LogP contribution in [0.5, 0.6) is 11.5 Å². The van der Waals surface area contributed by atoms with E-state index in [1.54, 1.807) is 0 Å². The van der Waals surface area contributed by atoms with Gasteiger partial charge in [0, 0.05) is 0 Å². The molecule has 0 saturated carbocycles. The summed E-state index contributed by atoms with van der Waals surface area (Å²) >= 11 is 0. The molecule has 0 saturated heterocycles. The molecule has 0 spiro atoms. The Morgan fingerprint density at radius 1 is 1.00 bits per heavy atom. The van der Waals surface area contributed by atoms with Crippen molar-refractivity contribution < 1.29 is 9.47 Å². The van der Waals surface area contributed by atoms with Gasteiger partial charge < -0.3 is 15.2 Å². The van der Waals surface area contributed by atoms with Crippen molar-refractivity contribution in [2.24, 2.45) is 0 Å². The first kappa shape index (κ1) is 13.7. The van der Waals surface area contributed by atoms with Crippen molar-refractivity contribution in [2.45, 2.75) is 39.5 Å². The molecule has 17 heavy (non-hydrogen) atoms. The summed E-state index contributed by atoms with van der Waals surface area (Å²) in [5, 5.41) is 0. The second-order valence-corrected chi connectivity index (χ2v) is 4.08. The zero-order chi connectivity index (χ0) is 12.5. The molecule has 0 radical (unpaired) electrons. The molecule has 0 fully saturated rings. The molecule has 1 aromatic rings. The lowest BCUT2D eigenvalue weighted by atomic mass is 10.2. The highest BCUT2D eigenvalue weighted by Gasteiger charge is 2.08. The molecule has 0 unspecified atom stereocenters. The molecule has 96 valence electrons. The zero-order valence-corrected chi connectivity index (χ0v) is 10.9. The van der Waals surface area contributed by atoms with Crippen LogP contribution in [0, 0.1) is 0 Å². The van der Waals surface area contributed by atoms with E-state index in [2.05, 4.69) is 13.8 Å². The van der Waals surface area contributed by atoms with Crippen LogP contribution in [0.15, 0.2) is 18.2 Å². The third-order valence-electron chi connectivity index (χ3n) is 2.51. The topological polar surface area (TPSA) is 44.5 Å². The van der Waals surface area contributed by atoms with E-state index in [1.807, 2.05) is 18.2 Å². The Morgan fingerprint density at radius 3 is 2.29 bits per heavy atom. The fraction of sp³-hybridized carbons (Fsp3) is 0.571. The van der Waals surface area contributed by atoms with Gasteiger partial charge in [-0.1, -0.05) is 32.8 Å². The minimum Gasteiger partial charge on any atom is -0.490 e. The Kier molecular flexibility index (Phi) is 6.30. The lowest BCUT2D eigenvalue weighted by molar-refractivity contribution is 0.263. The first-order chi connectivity index (χ1) is 8.29. The molecular formula is C14H23NO2. The Balaban J connectivity index is 2.63. The maximum atomic E-state index is 5.90. The van der Waals surface area contributed by atoms with Crippen LogP contribution in [0.25, 0.3) is 0 Å². The van der Waals surface area contributed by atoms with Crippen LogP contribution in [0.1, 0.15) is 39.5 Å². The van der Waals surface area contributed by atoms with E-state index >= 15 is 0 Å². The number of nitrogen functional groups attached to an aromatic ring is 1. The number of unbranched alkanes of at least 4 members (excludes halogenated alkanes) is 2. The molecule has 0 aliphatic carbocycles. The van der Waals surface area contributed by atoms with E-state index < -0.39 is 0 Å². The Morgan fingerprint density at radius 2 is 1.65 bits per heavy atom. The van der Waals surface area contributed by atoms with Crippen LogP contribution >= 0.6 is 0 Å². The van der Waals surface area contributed by atoms with Gasteiger partial charge in [-0.25, -0.2) is 0 Å². The quantitative estimate of drug-likeness (QED) is 0.554. The summed E-state index contributed by atoms with van der Waals surface area (Å²) in [6, 6.07) is 5.64. The van der Waals surface area contributed by atoms with Gasteiger partial charge in [-0.15, -0.1) is 0 Å². The predicted octanol–water partition coefficient (Wildman–Crippen LogP) is 3.63. The third-order valence-corrected chi connectivity index (χ3v) is 2.51. The van der Waals surface area contributed by atoms with Gasteiger partial charge in [-0.2, -0.15) is 0 Å². The Bertz CT molecular complexity index is 326. The van der Waals surface area contributed by atoms with Gasteiger partial charge in [0.15, 0.2) is 11.5 Å². The zero-order valence-electron chi connectivity index (χ0n) is 10.9. The van der Waals surface area contributed by atoms with E-state index in [0.717, 1.165) is 31.4 Å². The van der Waals surface area contributed by atoms with Crippen LogP contribution in [0.4, 0.5) is 5.69 Å². The molecule has 0 amide bonds. The average Bonchev–Trinajstić information content (AvgIpc) is 2.33. The SMILES string of the molecule is CCCCOc1cccc(N)c1OCCCC. The molecule has 1 aromatic carbocycles. The van der Waals surface area contributed by atoms with Crippen molar-refractivity contribution in [1.82, 2.24) is 0 Å². The first-order valence-corrected chi connectivity index (χ1v) is 6.43. The van der Waals surface area contributed by atoms with Crippen LogP contribution in [-0.4, -0.2) is 13.2 Å². The fourth-order valence-corrected chi connectivity index (χ4v) is 1.45. The van der Waals surface area contributed by atoms with Crippen molar-refractivity contribution in [3.63, 3.8) is 0 Å². The monoisotopic (exact) mass is 237 g/mol. The smallest absolute Gasteiger partial charge is 0.184 e. The van der Waals surface area contributed by atoms with Gasteiger partial charge >= 0.3 is 0 Å². The third kappa shape index (κ3) is 4.55. The van der Waals surface area contributed by atoms with Gasteiger partial charge in [0.2, 0.25) is 0 Å². The number of para-hydroxylation sites is 1. The second kappa shape index (κ2) is 7.82. The molecule has 0 aromatic heterocycles. The molecule has 3 heteroatoms. The van der Waals surface area contributed by atoms with Gasteiger partial charge in [-0.3, -0.25) is 0 Å². The van der Waals surface area contributed by atoms with Crippen molar-refractivity contribution in [2.75, 3.05) is 18.9 Å². The number of ether oxygens (including phenoxy) is 2. The number of hydrogen-bond acceptors (Lipinski definition) is 3. The molecule has 0 aliphatic heterocycles. The summed E-state index contributed by atoms with van der Waals surface area (Å²) in [7, 11) is 0. The molecule has 0 heterocycles. The van der Waals surface area contributed by atoms with E-state index in [0.29, 0.717) is 24.7 Å². The summed E-state index contributed by atoms with van der Waals surface area (Å²) in [5.41, 5.74) is 6.55. The number of anilines is 1. The first-order valence-electron chi connectivity index (χ1n) is 6.43. The van der Waals surface area contributed by atoms with Gasteiger partial charge in [0.1, 0.15) is 0 Å². The summed E-state index contributed by atoms with van der Waals surface area (Å²) in [5.74, 6) is 1.45. The summed E-state index contributed by atoms with van der Waals surface area (Å²) in [6.07, 6.45) is 4.30. The summed E-state index contributed by atoms with van der Waals surface area (Å²) in [4.78, 5) is 0. The van der Waals surface area contributed by atoms with E-state index in [4.69, 9.17) is 15.2 Å². The van der Waals surface area contributed by atoms with Crippen molar-refractivity contribution in [3.8, 4) is 11.5 Å². The Hall–Kier alpha value is -1.38. The van der Waals surface area contributed by atoms with Crippen molar-refractivity contribution >= 4 is 5.69 Å².